The first-order valence-corrected chi connectivity index (χ1v) is 5.83. The molecule has 0 atom stereocenters. The molecule has 0 saturated carbocycles. The SMILES string of the molecule is FC(F)c1c(Cl)cc(CBr)nc1I. The van der Waals surface area contributed by atoms with Gasteiger partial charge in [-0.2, -0.15) is 0 Å². The second-order valence-corrected chi connectivity index (χ2v) is 4.22. The first-order chi connectivity index (χ1) is 6.06. The molecule has 1 heterocycles. The lowest BCUT2D eigenvalue weighted by Crippen LogP contribution is -1.97. The molecule has 1 aromatic heterocycles. The Bertz CT molecular complexity index is 298. The van der Waals surface area contributed by atoms with Gasteiger partial charge in [-0.15, -0.1) is 0 Å². The van der Waals surface area contributed by atoms with Crippen molar-refractivity contribution in [3.63, 3.8) is 0 Å². The van der Waals surface area contributed by atoms with E-state index in [1.165, 1.54) is 6.07 Å². The van der Waals surface area contributed by atoms with Gasteiger partial charge in [-0.1, -0.05) is 27.5 Å². The molecule has 0 saturated heterocycles. The molecule has 0 N–H and O–H groups in total. The van der Waals surface area contributed by atoms with E-state index in [0.717, 1.165) is 0 Å². The predicted molar refractivity (Wildman–Crippen MR) is 59.6 cm³/mol. The summed E-state index contributed by atoms with van der Waals surface area (Å²) < 4.78 is 25.0. The Morgan fingerprint density at radius 1 is 1.62 bits per heavy atom. The van der Waals surface area contributed by atoms with Crippen LogP contribution in [0.4, 0.5) is 8.78 Å². The normalized spacial score (nSPS) is 10.9. The van der Waals surface area contributed by atoms with Crippen molar-refractivity contribution in [1.29, 1.82) is 0 Å². The Hall–Kier alpha value is 0.510. The molecule has 0 unspecified atom stereocenters. The van der Waals surface area contributed by atoms with Crippen molar-refractivity contribution in [2.45, 2.75) is 11.8 Å². The fourth-order valence-electron chi connectivity index (χ4n) is 0.804. The summed E-state index contributed by atoms with van der Waals surface area (Å²) in [5, 5.41) is 0.579. The number of pyridine rings is 1. The van der Waals surface area contributed by atoms with E-state index in [4.69, 9.17) is 11.6 Å². The number of rotatable bonds is 2. The van der Waals surface area contributed by atoms with E-state index >= 15 is 0 Å². The van der Waals surface area contributed by atoms with E-state index in [0.29, 0.717) is 11.0 Å². The minimum atomic E-state index is -2.57. The van der Waals surface area contributed by atoms with Crippen LogP contribution in [0.5, 0.6) is 0 Å². The zero-order valence-electron chi connectivity index (χ0n) is 6.20. The average molecular weight is 382 g/mol. The van der Waals surface area contributed by atoms with Crippen LogP contribution in [0.25, 0.3) is 0 Å². The van der Waals surface area contributed by atoms with Crippen molar-refractivity contribution in [2.75, 3.05) is 0 Å². The summed E-state index contributed by atoms with van der Waals surface area (Å²) in [7, 11) is 0. The maximum Gasteiger partial charge on any atom is 0.267 e. The molecule has 0 aromatic carbocycles. The Morgan fingerprint density at radius 2 is 2.23 bits per heavy atom. The fraction of sp³-hybridized carbons (Fsp3) is 0.286. The molecule has 0 amide bonds. The van der Waals surface area contributed by atoms with Gasteiger partial charge in [0.05, 0.1) is 16.3 Å². The molecule has 0 bridgehead atoms. The Kier molecular flexibility index (Phi) is 4.31. The molecule has 0 radical (unpaired) electrons. The second kappa shape index (κ2) is 4.84. The zero-order chi connectivity index (χ0) is 10.0. The average Bonchev–Trinajstić information content (AvgIpc) is 2.02. The number of hydrogen-bond acceptors (Lipinski definition) is 1. The molecular formula is C7H4BrClF2IN. The molecule has 13 heavy (non-hydrogen) atoms. The maximum atomic E-state index is 12.4. The van der Waals surface area contributed by atoms with Crippen LogP contribution >= 0.6 is 50.1 Å². The minimum absolute atomic E-state index is 0.0730. The Balaban J connectivity index is 3.23. The zero-order valence-corrected chi connectivity index (χ0v) is 10.7. The summed E-state index contributed by atoms with van der Waals surface area (Å²) in [5.74, 6) is 0. The first kappa shape index (κ1) is 11.6. The van der Waals surface area contributed by atoms with Crippen molar-refractivity contribution in [2.24, 2.45) is 0 Å². The van der Waals surface area contributed by atoms with Crippen LogP contribution < -0.4 is 0 Å². The van der Waals surface area contributed by atoms with Gasteiger partial charge in [0.25, 0.3) is 6.43 Å². The van der Waals surface area contributed by atoms with Crippen LogP contribution in [-0.4, -0.2) is 4.98 Å². The lowest BCUT2D eigenvalue weighted by molar-refractivity contribution is 0.150. The van der Waals surface area contributed by atoms with E-state index < -0.39 is 6.43 Å². The maximum absolute atomic E-state index is 12.4. The van der Waals surface area contributed by atoms with Crippen molar-refractivity contribution >= 4 is 50.1 Å². The van der Waals surface area contributed by atoms with Crippen molar-refractivity contribution < 1.29 is 8.78 Å². The van der Waals surface area contributed by atoms with Crippen LogP contribution in [-0.2, 0) is 5.33 Å². The minimum Gasteiger partial charge on any atom is -0.245 e. The number of aromatic nitrogens is 1. The van der Waals surface area contributed by atoms with E-state index in [-0.39, 0.29) is 14.3 Å². The molecule has 6 heteroatoms. The van der Waals surface area contributed by atoms with E-state index in [9.17, 15) is 8.78 Å². The molecule has 0 fully saturated rings. The molecule has 0 aliphatic heterocycles. The van der Waals surface area contributed by atoms with Crippen molar-refractivity contribution in [3.05, 3.63) is 26.0 Å². The first-order valence-electron chi connectivity index (χ1n) is 3.25. The summed E-state index contributed by atoms with van der Waals surface area (Å²) in [4.78, 5) is 3.95. The van der Waals surface area contributed by atoms with Gasteiger partial charge < -0.3 is 0 Å². The molecule has 0 spiro atoms. The van der Waals surface area contributed by atoms with Gasteiger partial charge in [-0.3, -0.25) is 0 Å². The summed E-state index contributed by atoms with van der Waals surface area (Å²) >= 11 is 10.6. The van der Waals surface area contributed by atoms with Crippen LogP contribution in [0.1, 0.15) is 17.7 Å². The molecular weight excluding hydrogens is 378 g/mol. The van der Waals surface area contributed by atoms with Crippen molar-refractivity contribution in [3.8, 4) is 0 Å². The van der Waals surface area contributed by atoms with Gasteiger partial charge in [-0.05, 0) is 28.7 Å². The topological polar surface area (TPSA) is 12.9 Å². The quantitative estimate of drug-likeness (QED) is 0.425. The molecule has 1 aromatic rings. The summed E-state index contributed by atoms with van der Waals surface area (Å²) in [5.41, 5.74) is 0.464. The summed E-state index contributed by atoms with van der Waals surface area (Å²) in [6.45, 7) is 0. The third-order valence-electron chi connectivity index (χ3n) is 1.37. The largest absolute Gasteiger partial charge is 0.267 e. The van der Waals surface area contributed by atoms with Crippen LogP contribution in [0.3, 0.4) is 0 Å². The van der Waals surface area contributed by atoms with Gasteiger partial charge in [0.2, 0.25) is 0 Å². The third-order valence-corrected chi connectivity index (χ3v) is 3.08. The van der Waals surface area contributed by atoms with Crippen LogP contribution in [0.2, 0.25) is 5.02 Å². The smallest absolute Gasteiger partial charge is 0.245 e. The Morgan fingerprint density at radius 3 is 2.62 bits per heavy atom. The molecule has 1 rings (SSSR count). The van der Waals surface area contributed by atoms with E-state index in [1.54, 1.807) is 22.6 Å². The fourth-order valence-corrected chi connectivity index (χ4v) is 2.38. The molecule has 0 aliphatic carbocycles. The highest BCUT2D eigenvalue weighted by Crippen LogP contribution is 2.31. The number of nitrogens with zero attached hydrogens (tertiary/aromatic N) is 1. The third kappa shape index (κ3) is 2.73. The summed E-state index contributed by atoms with van der Waals surface area (Å²) in [6.07, 6.45) is -2.57. The lowest BCUT2D eigenvalue weighted by Gasteiger charge is -2.06. The highest BCUT2D eigenvalue weighted by molar-refractivity contribution is 14.1. The lowest BCUT2D eigenvalue weighted by atomic mass is 10.2. The number of alkyl halides is 3. The number of hydrogen-bond donors (Lipinski definition) is 0. The summed E-state index contributed by atoms with van der Waals surface area (Å²) in [6, 6.07) is 1.44. The van der Waals surface area contributed by atoms with Crippen LogP contribution in [0.15, 0.2) is 6.07 Å². The van der Waals surface area contributed by atoms with Gasteiger partial charge in [0.1, 0.15) is 3.70 Å². The molecule has 72 valence electrons. The van der Waals surface area contributed by atoms with E-state index in [1.807, 2.05) is 0 Å². The highest BCUT2D eigenvalue weighted by Gasteiger charge is 2.17. The van der Waals surface area contributed by atoms with Gasteiger partial charge in [0.15, 0.2) is 0 Å². The molecule has 0 aliphatic rings. The second-order valence-electron chi connectivity index (χ2n) is 2.23. The highest BCUT2D eigenvalue weighted by atomic mass is 127. The van der Waals surface area contributed by atoms with Gasteiger partial charge in [0, 0.05) is 5.33 Å². The molecule has 1 nitrogen and oxygen atoms in total. The standard InChI is InChI=1S/C7H4BrClF2IN/c8-2-3-1-4(9)5(6(10)11)7(12)13-3/h1,6H,2H2. The van der Waals surface area contributed by atoms with Crippen LogP contribution in [0, 0.1) is 3.70 Å². The van der Waals surface area contributed by atoms with Gasteiger partial charge in [-0.25, -0.2) is 13.8 Å². The van der Waals surface area contributed by atoms with Crippen molar-refractivity contribution in [1.82, 2.24) is 4.98 Å². The predicted octanol–water partition coefficient (Wildman–Crippen LogP) is 4.17. The van der Waals surface area contributed by atoms with Gasteiger partial charge >= 0.3 is 0 Å². The van der Waals surface area contributed by atoms with E-state index in [2.05, 4.69) is 20.9 Å². The number of halogens is 5. The Labute approximate surface area is 101 Å². The monoisotopic (exact) mass is 381 g/mol.